The number of fused-ring (bicyclic) bond motifs is 1. The number of carboxylic acids is 1. The van der Waals surface area contributed by atoms with Crippen molar-refractivity contribution in [1.29, 1.82) is 0 Å². The van der Waals surface area contributed by atoms with Crippen molar-refractivity contribution in [2.24, 2.45) is 0 Å². The van der Waals surface area contributed by atoms with E-state index in [1.807, 2.05) is 85.9 Å². The molecule has 39 heavy (non-hydrogen) atoms. The Morgan fingerprint density at radius 1 is 0.923 bits per heavy atom. The van der Waals surface area contributed by atoms with Gasteiger partial charge in [-0.25, -0.2) is 4.79 Å². The molecule has 0 fully saturated rings. The number of nitrogens with zero attached hydrogens (tertiary/aromatic N) is 1. The van der Waals surface area contributed by atoms with Gasteiger partial charge in [-0.3, -0.25) is 4.79 Å². The lowest BCUT2D eigenvalue weighted by Gasteiger charge is -2.17. The maximum absolute atomic E-state index is 13.6. The number of rotatable bonds is 9. The SMILES string of the molecule is COc1cccc(Cn2ccc3c(Nc4ccccc4)ccc(C(=O)N[C@@H](C)c4ccc(C(=O)O)cc4)c32)c1. The standard InChI is InChI=1S/C32H29N3O4/c1-21(23-11-13-24(14-12-23)32(37)38)33-31(36)28-15-16-29(34-25-8-4-3-5-9-25)27-17-18-35(30(27)28)20-22-7-6-10-26(19-22)39-2/h3-19,21,34H,20H2,1-2H3,(H,33,36)(H,37,38)/t21-/m0/s1. The third kappa shape index (κ3) is 5.62. The third-order valence-corrected chi connectivity index (χ3v) is 6.72. The molecule has 0 aliphatic carbocycles. The molecule has 1 atom stereocenters. The van der Waals surface area contributed by atoms with E-state index < -0.39 is 5.97 Å². The van der Waals surface area contributed by atoms with Crippen molar-refractivity contribution < 1.29 is 19.4 Å². The number of hydrogen-bond acceptors (Lipinski definition) is 4. The van der Waals surface area contributed by atoms with Gasteiger partial charge in [0.2, 0.25) is 0 Å². The molecule has 1 heterocycles. The molecule has 0 saturated heterocycles. The van der Waals surface area contributed by atoms with E-state index in [1.54, 1.807) is 31.4 Å². The van der Waals surface area contributed by atoms with E-state index in [0.717, 1.165) is 39.2 Å². The second-order valence-electron chi connectivity index (χ2n) is 9.33. The highest BCUT2D eigenvalue weighted by atomic mass is 16.5. The predicted octanol–water partition coefficient (Wildman–Crippen LogP) is 6.63. The Labute approximate surface area is 226 Å². The minimum atomic E-state index is -0.985. The molecule has 0 aliphatic rings. The van der Waals surface area contributed by atoms with Crippen LogP contribution in [0.4, 0.5) is 11.4 Å². The van der Waals surface area contributed by atoms with Gasteiger partial charge < -0.3 is 25.0 Å². The molecular formula is C32H29N3O4. The van der Waals surface area contributed by atoms with Crippen LogP contribution >= 0.6 is 0 Å². The molecule has 0 saturated carbocycles. The first kappa shape index (κ1) is 25.6. The third-order valence-electron chi connectivity index (χ3n) is 6.72. The zero-order chi connectivity index (χ0) is 27.4. The van der Waals surface area contributed by atoms with Crippen molar-refractivity contribution in [3.05, 3.63) is 126 Å². The van der Waals surface area contributed by atoms with Crippen LogP contribution in [-0.2, 0) is 6.54 Å². The summed E-state index contributed by atoms with van der Waals surface area (Å²) in [6, 6.07) is 29.8. The van der Waals surface area contributed by atoms with Gasteiger partial charge in [0.15, 0.2) is 0 Å². The summed E-state index contributed by atoms with van der Waals surface area (Å²) in [5.74, 6) is -0.426. The number of carbonyl (C=O) groups is 2. The second-order valence-corrected chi connectivity index (χ2v) is 9.33. The first-order valence-corrected chi connectivity index (χ1v) is 12.6. The molecule has 0 bridgehead atoms. The Bertz CT molecular complexity index is 1630. The number of nitrogens with one attached hydrogen (secondary N) is 2. The molecule has 7 heteroatoms. The van der Waals surface area contributed by atoms with E-state index in [2.05, 4.69) is 15.2 Å². The van der Waals surface area contributed by atoms with Gasteiger partial charge in [-0.2, -0.15) is 0 Å². The fraction of sp³-hybridized carbons (Fsp3) is 0.125. The van der Waals surface area contributed by atoms with Crippen LogP contribution in [0.3, 0.4) is 0 Å². The number of aromatic nitrogens is 1. The van der Waals surface area contributed by atoms with Crippen molar-refractivity contribution in [3.63, 3.8) is 0 Å². The number of aromatic carboxylic acids is 1. The summed E-state index contributed by atoms with van der Waals surface area (Å²) in [7, 11) is 1.64. The highest BCUT2D eigenvalue weighted by molar-refractivity contribution is 6.10. The van der Waals surface area contributed by atoms with Crippen molar-refractivity contribution in [2.45, 2.75) is 19.5 Å². The van der Waals surface area contributed by atoms with Crippen LogP contribution in [0.1, 0.15) is 44.8 Å². The maximum Gasteiger partial charge on any atom is 0.335 e. The molecule has 5 rings (SSSR count). The fourth-order valence-electron chi connectivity index (χ4n) is 4.67. The average Bonchev–Trinajstić information content (AvgIpc) is 3.37. The monoisotopic (exact) mass is 519 g/mol. The highest BCUT2D eigenvalue weighted by Crippen LogP contribution is 2.31. The van der Waals surface area contributed by atoms with Gasteiger partial charge in [0.1, 0.15) is 5.75 Å². The maximum atomic E-state index is 13.6. The number of amides is 1. The summed E-state index contributed by atoms with van der Waals surface area (Å²) in [6.45, 7) is 2.44. The first-order valence-electron chi connectivity index (χ1n) is 12.6. The molecule has 4 aromatic carbocycles. The van der Waals surface area contributed by atoms with Gasteiger partial charge >= 0.3 is 5.97 Å². The van der Waals surface area contributed by atoms with Crippen molar-refractivity contribution >= 4 is 34.2 Å². The second kappa shape index (κ2) is 11.1. The Hall–Kier alpha value is -5.04. The molecular weight excluding hydrogens is 490 g/mol. The Balaban J connectivity index is 1.50. The lowest BCUT2D eigenvalue weighted by molar-refractivity contribution is 0.0696. The van der Waals surface area contributed by atoms with Gasteiger partial charge in [0.05, 0.1) is 29.8 Å². The van der Waals surface area contributed by atoms with E-state index in [-0.39, 0.29) is 17.5 Å². The van der Waals surface area contributed by atoms with Crippen LogP contribution in [0.15, 0.2) is 103 Å². The molecule has 0 unspecified atom stereocenters. The smallest absolute Gasteiger partial charge is 0.335 e. The van der Waals surface area contributed by atoms with Crippen LogP contribution in [0.5, 0.6) is 5.75 Å². The Kier molecular flexibility index (Phi) is 7.32. The van der Waals surface area contributed by atoms with Crippen LogP contribution in [0, 0.1) is 0 Å². The average molecular weight is 520 g/mol. The number of carboxylic acid groups (broad SMARTS) is 1. The molecule has 0 aliphatic heterocycles. The number of para-hydroxylation sites is 1. The predicted molar refractivity (Wildman–Crippen MR) is 153 cm³/mol. The molecule has 1 amide bonds. The van der Waals surface area contributed by atoms with E-state index in [0.29, 0.717) is 12.1 Å². The first-order chi connectivity index (χ1) is 18.9. The normalized spacial score (nSPS) is 11.6. The van der Waals surface area contributed by atoms with E-state index >= 15 is 0 Å². The largest absolute Gasteiger partial charge is 0.497 e. The number of ether oxygens (including phenoxy) is 1. The fourth-order valence-corrected chi connectivity index (χ4v) is 4.67. The van der Waals surface area contributed by atoms with Crippen LogP contribution < -0.4 is 15.4 Å². The molecule has 1 aromatic heterocycles. The molecule has 3 N–H and O–H groups in total. The summed E-state index contributed by atoms with van der Waals surface area (Å²) >= 11 is 0. The molecule has 5 aromatic rings. The van der Waals surface area contributed by atoms with E-state index in [9.17, 15) is 14.7 Å². The number of hydrogen-bond donors (Lipinski definition) is 3. The number of methoxy groups -OCH3 is 1. The van der Waals surface area contributed by atoms with Crippen LogP contribution in [0.2, 0.25) is 0 Å². The van der Waals surface area contributed by atoms with E-state index in [1.165, 1.54) is 0 Å². The lowest BCUT2D eigenvalue weighted by Crippen LogP contribution is -2.27. The number of anilines is 2. The van der Waals surface area contributed by atoms with Gasteiger partial charge in [0, 0.05) is 29.5 Å². The van der Waals surface area contributed by atoms with Crippen molar-refractivity contribution in [2.75, 3.05) is 12.4 Å². The summed E-state index contributed by atoms with van der Waals surface area (Å²) in [4.78, 5) is 24.8. The quantitative estimate of drug-likeness (QED) is 0.203. The Morgan fingerprint density at radius 2 is 1.69 bits per heavy atom. The summed E-state index contributed by atoms with van der Waals surface area (Å²) < 4.78 is 7.47. The zero-order valence-corrected chi connectivity index (χ0v) is 21.7. The molecule has 0 radical (unpaired) electrons. The number of carbonyl (C=O) groups excluding carboxylic acids is 1. The number of benzene rings is 4. The van der Waals surface area contributed by atoms with Gasteiger partial charge in [-0.05, 0) is 72.6 Å². The molecule has 7 nitrogen and oxygen atoms in total. The van der Waals surface area contributed by atoms with Crippen molar-refractivity contribution in [1.82, 2.24) is 9.88 Å². The summed E-state index contributed by atoms with van der Waals surface area (Å²) in [6.07, 6.45) is 1.99. The molecule has 0 spiro atoms. The van der Waals surface area contributed by atoms with Crippen LogP contribution in [0.25, 0.3) is 10.9 Å². The lowest BCUT2D eigenvalue weighted by atomic mass is 10.0. The topological polar surface area (TPSA) is 92.6 Å². The minimum Gasteiger partial charge on any atom is -0.497 e. The summed E-state index contributed by atoms with van der Waals surface area (Å²) in [5.41, 5.74) is 5.28. The van der Waals surface area contributed by atoms with Gasteiger partial charge in [-0.15, -0.1) is 0 Å². The Morgan fingerprint density at radius 3 is 2.41 bits per heavy atom. The van der Waals surface area contributed by atoms with E-state index in [4.69, 9.17) is 4.74 Å². The molecule has 196 valence electrons. The van der Waals surface area contributed by atoms with Gasteiger partial charge in [-0.1, -0.05) is 42.5 Å². The van der Waals surface area contributed by atoms with Crippen molar-refractivity contribution in [3.8, 4) is 5.75 Å². The zero-order valence-electron chi connectivity index (χ0n) is 21.7. The summed E-state index contributed by atoms with van der Waals surface area (Å²) in [5, 5.41) is 16.7. The van der Waals surface area contributed by atoms with Crippen LogP contribution in [-0.4, -0.2) is 28.7 Å². The van der Waals surface area contributed by atoms with Gasteiger partial charge in [0.25, 0.3) is 5.91 Å². The minimum absolute atomic E-state index is 0.204. The highest BCUT2D eigenvalue weighted by Gasteiger charge is 2.19.